The first-order valence-electron chi connectivity index (χ1n) is 12.5. The number of benzene rings is 3. The lowest BCUT2D eigenvalue weighted by Crippen LogP contribution is -2.39. The third-order valence-corrected chi connectivity index (χ3v) is 8.52. The average molecular weight is 553 g/mol. The topological polar surface area (TPSA) is 69.9 Å². The van der Waals surface area contributed by atoms with Crippen LogP contribution in [-0.2, 0) is 9.53 Å². The molecular formula is C31H24N2O4S2. The molecule has 6 nitrogen and oxygen atoms in total. The minimum absolute atomic E-state index is 0.203. The molecule has 0 bridgehead atoms. The van der Waals surface area contributed by atoms with Crippen molar-refractivity contribution in [1.82, 2.24) is 4.57 Å². The Bertz CT molecular complexity index is 1900. The first-order valence-corrected chi connectivity index (χ1v) is 14.2. The maximum absolute atomic E-state index is 14.0. The van der Waals surface area contributed by atoms with E-state index >= 15 is 0 Å². The van der Waals surface area contributed by atoms with Crippen LogP contribution in [0.1, 0.15) is 29.0 Å². The number of aromatic nitrogens is 1. The molecule has 0 spiro atoms. The van der Waals surface area contributed by atoms with E-state index in [9.17, 15) is 9.59 Å². The summed E-state index contributed by atoms with van der Waals surface area (Å²) in [5, 5.41) is 3.89. The zero-order valence-corrected chi connectivity index (χ0v) is 22.9. The van der Waals surface area contributed by atoms with E-state index in [-0.39, 0.29) is 12.2 Å². The van der Waals surface area contributed by atoms with Crippen molar-refractivity contribution in [2.45, 2.75) is 13.0 Å². The van der Waals surface area contributed by atoms with Gasteiger partial charge in [0.25, 0.3) is 5.56 Å². The average Bonchev–Trinajstić information content (AvgIpc) is 3.61. The van der Waals surface area contributed by atoms with Crippen LogP contribution < -0.4 is 19.6 Å². The monoisotopic (exact) mass is 552 g/mol. The Kier molecular flexibility index (Phi) is 6.72. The van der Waals surface area contributed by atoms with Gasteiger partial charge < -0.3 is 9.47 Å². The van der Waals surface area contributed by atoms with E-state index in [0.29, 0.717) is 20.6 Å². The molecule has 8 heteroatoms. The predicted molar refractivity (Wildman–Crippen MR) is 156 cm³/mol. The maximum Gasteiger partial charge on any atom is 0.338 e. The molecule has 0 radical (unpaired) electrons. The lowest BCUT2D eigenvalue weighted by atomic mass is 9.97. The van der Waals surface area contributed by atoms with Gasteiger partial charge in [-0.25, -0.2) is 9.79 Å². The summed E-state index contributed by atoms with van der Waals surface area (Å²) in [6.07, 6.45) is 1.90. The van der Waals surface area contributed by atoms with Crippen molar-refractivity contribution < 1.29 is 14.3 Å². The van der Waals surface area contributed by atoms with Gasteiger partial charge in [-0.15, -0.1) is 11.3 Å². The number of carbonyl (C=O) groups is 1. The number of carbonyl (C=O) groups excluding carboxylic acids is 1. The second-order valence-electron chi connectivity index (χ2n) is 8.85. The van der Waals surface area contributed by atoms with E-state index in [0.717, 1.165) is 32.5 Å². The Morgan fingerprint density at radius 1 is 1.00 bits per heavy atom. The Balaban J connectivity index is 1.64. The second-order valence-corrected chi connectivity index (χ2v) is 10.8. The highest BCUT2D eigenvalue weighted by molar-refractivity contribution is 7.10. The van der Waals surface area contributed by atoms with Gasteiger partial charge in [0.2, 0.25) is 0 Å². The number of esters is 1. The Morgan fingerprint density at radius 3 is 2.49 bits per heavy atom. The summed E-state index contributed by atoms with van der Waals surface area (Å²) in [5.41, 5.74) is 2.37. The van der Waals surface area contributed by atoms with Crippen molar-refractivity contribution in [2.75, 3.05) is 13.7 Å². The van der Waals surface area contributed by atoms with Crippen molar-refractivity contribution in [3.05, 3.63) is 126 Å². The molecule has 5 aromatic rings. The fourth-order valence-electron chi connectivity index (χ4n) is 4.90. The van der Waals surface area contributed by atoms with Crippen LogP contribution in [0.4, 0.5) is 0 Å². The van der Waals surface area contributed by atoms with E-state index in [1.807, 2.05) is 90.3 Å². The predicted octanol–water partition coefficient (Wildman–Crippen LogP) is 5.16. The summed E-state index contributed by atoms with van der Waals surface area (Å²) in [6, 6.07) is 24.6. The van der Waals surface area contributed by atoms with Gasteiger partial charge in [0, 0.05) is 15.8 Å². The van der Waals surface area contributed by atoms with Gasteiger partial charge in [0.15, 0.2) is 4.80 Å². The van der Waals surface area contributed by atoms with Crippen LogP contribution in [0.15, 0.2) is 99.6 Å². The molecule has 194 valence electrons. The van der Waals surface area contributed by atoms with E-state index < -0.39 is 12.0 Å². The summed E-state index contributed by atoms with van der Waals surface area (Å²) in [7, 11) is 1.65. The SMILES string of the molecule is CCOC(=O)C1=C(c2ccccc2)N=c2s/c(=C\c3ccc(OC)c4ccccc34)c(=O)n2C1c1cccs1. The molecule has 0 fully saturated rings. The van der Waals surface area contributed by atoms with Gasteiger partial charge in [-0.3, -0.25) is 9.36 Å². The fraction of sp³-hybridized carbons (Fsp3) is 0.129. The number of methoxy groups -OCH3 is 1. The van der Waals surface area contributed by atoms with Crippen LogP contribution in [0.25, 0.3) is 22.5 Å². The lowest BCUT2D eigenvalue weighted by Gasteiger charge is -2.24. The number of thiazole rings is 1. The second kappa shape index (κ2) is 10.5. The highest BCUT2D eigenvalue weighted by Crippen LogP contribution is 2.37. The van der Waals surface area contributed by atoms with E-state index in [4.69, 9.17) is 14.5 Å². The van der Waals surface area contributed by atoms with Crippen LogP contribution in [0.5, 0.6) is 5.75 Å². The number of fused-ring (bicyclic) bond motifs is 2. The third kappa shape index (κ3) is 4.41. The normalized spacial score (nSPS) is 15.2. The first kappa shape index (κ1) is 25.0. The molecule has 0 aliphatic carbocycles. The summed E-state index contributed by atoms with van der Waals surface area (Å²) in [5.74, 6) is 0.294. The van der Waals surface area contributed by atoms with Gasteiger partial charge in [0.05, 0.1) is 29.5 Å². The first-order chi connectivity index (χ1) is 19.1. The van der Waals surface area contributed by atoms with Crippen LogP contribution in [-0.4, -0.2) is 24.3 Å². The van der Waals surface area contributed by atoms with Crippen LogP contribution in [0.2, 0.25) is 0 Å². The van der Waals surface area contributed by atoms with Gasteiger partial charge in [-0.1, -0.05) is 78.1 Å². The van der Waals surface area contributed by atoms with Crippen molar-refractivity contribution in [3.8, 4) is 5.75 Å². The standard InChI is InChI=1S/C31H24N2O4S2/c1-3-37-30(35)26-27(19-10-5-4-6-11-19)32-31-33(28(26)24-14-9-17-38-24)29(34)25(39-31)18-20-15-16-23(36-2)22-13-8-7-12-21(20)22/h4-18,28H,3H2,1-2H3/b25-18-. The number of hydrogen-bond acceptors (Lipinski definition) is 7. The highest BCUT2D eigenvalue weighted by atomic mass is 32.1. The summed E-state index contributed by atoms with van der Waals surface area (Å²) >= 11 is 2.81. The third-order valence-electron chi connectivity index (χ3n) is 6.61. The molecule has 1 unspecified atom stereocenters. The number of hydrogen-bond donors (Lipinski definition) is 0. The highest BCUT2D eigenvalue weighted by Gasteiger charge is 2.35. The molecule has 0 saturated carbocycles. The Morgan fingerprint density at radius 2 is 1.77 bits per heavy atom. The van der Waals surface area contributed by atoms with E-state index in [1.54, 1.807) is 18.6 Å². The smallest absolute Gasteiger partial charge is 0.338 e. The van der Waals surface area contributed by atoms with Gasteiger partial charge >= 0.3 is 5.97 Å². The largest absolute Gasteiger partial charge is 0.496 e. The minimum Gasteiger partial charge on any atom is -0.496 e. The van der Waals surface area contributed by atoms with Crippen LogP contribution >= 0.6 is 22.7 Å². The number of nitrogens with zero attached hydrogens (tertiary/aromatic N) is 2. The molecule has 1 aliphatic rings. The number of rotatable bonds is 6. The Labute approximate surface area is 232 Å². The lowest BCUT2D eigenvalue weighted by molar-refractivity contribution is -0.138. The zero-order chi connectivity index (χ0) is 26.9. The molecule has 2 aromatic heterocycles. The van der Waals surface area contributed by atoms with Crippen molar-refractivity contribution in [2.24, 2.45) is 4.99 Å². The molecule has 0 amide bonds. The van der Waals surface area contributed by atoms with E-state index in [1.165, 1.54) is 22.7 Å². The maximum atomic E-state index is 14.0. The molecule has 39 heavy (non-hydrogen) atoms. The van der Waals surface area contributed by atoms with Crippen LogP contribution in [0.3, 0.4) is 0 Å². The molecule has 6 rings (SSSR count). The molecule has 3 heterocycles. The van der Waals surface area contributed by atoms with Gasteiger partial charge in [0.1, 0.15) is 11.8 Å². The van der Waals surface area contributed by atoms with Crippen molar-refractivity contribution in [1.29, 1.82) is 0 Å². The molecule has 3 aromatic carbocycles. The molecule has 0 N–H and O–H groups in total. The van der Waals surface area contributed by atoms with Crippen molar-refractivity contribution in [3.63, 3.8) is 0 Å². The zero-order valence-electron chi connectivity index (χ0n) is 21.3. The minimum atomic E-state index is -0.648. The van der Waals surface area contributed by atoms with Crippen molar-refractivity contribution >= 4 is 51.2 Å². The molecule has 0 saturated heterocycles. The quantitative estimate of drug-likeness (QED) is 0.273. The summed E-state index contributed by atoms with van der Waals surface area (Å²) in [6.45, 7) is 1.99. The number of thiophene rings is 1. The fourth-order valence-corrected chi connectivity index (χ4v) is 6.71. The number of ether oxygens (including phenoxy) is 2. The summed E-state index contributed by atoms with van der Waals surface area (Å²) in [4.78, 5) is 33.8. The molecular weight excluding hydrogens is 528 g/mol. The van der Waals surface area contributed by atoms with Gasteiger partial charge in [-0.2, -0.15) is 0 Å². The van der Waals surface area contributed by atoms with Crippen LogP contribution in [0, 0.1) is 0 Å². The van der Waals surface area contributed by atoms with E-state index in [2.05, 4.69) is 0 Å². The summed E-state index contributed by atoms with van der Waals surface area (Å²) < 4.78 is 13.2. The molecule has 1 aliphatic heterocycles. The van der Waals surface area contributed by atoms with Gasteiger partial charge in [-0.05, 0) is 41.5 Å². The molecule has 1 atom stereocenters. The Hall–Kier alpha value is -4.27.